The average molecular weight is 492 g/mol. The number of unbranched alkanes of at least 4 members (excludes halogenated alkanes) is 1. The third kappa shape index (κ3) is 5.21. The molecule has 1 amide bonds. The number of aliphatic hydroxyl groups is 1. The number of benzene rings is 2. The Labute approximate surface area is 213 Å². The third-order valence-corrected chi connectivity index (χ3v) is 6.94. The van der Waals surface area contributed by atoms with Crippen LogP contribution in [-0.2, 0) is 18.6 Å². The second-order valence-corrected chi connectivity index (χ2v) is 9.96. The molecule has 7 nitrogen and oxygen atoms in total. The van der Waals surface area contributed by atoms with E-state index in [1.54, 1.807) is 18.2 Å². The van der Waals surface area contributed by atoms with E-state index in [4.69, 9.17) is 10.7 Å². The van der Waals surface area contributed by atoms with E-state index in [1.165, 1.54) is 0 Å². The minimum absolute atomic E-state index is 0.174. The quantitative estimate of drug-likeness (QED) is 0.339. The van der Waals surface area contributed by atoms with Crippen LogP contribution >= 0.6 is 0 Å². The number of hydrogen-bond acceptors (Lipinski definition) is 4. The van der Waals surface area contributed by atoms with Crippen molar-refractivity contribution in [2.24, 2.45) is 17.6 Å². The number of aromatic carboxylic acids is 1. The lowest BCUT2D eigenvalue weighted by Crippen LogP contribution is -2.40. The minimum atomic E-state index is -1.30. The van der Waals surface area contributed by atoms with Crippen molar-refractivity contribution in [1.82, 2.24) is 9.55 Å². The van der Waals surface area contributed by atoms with Crippen molar-refractivity contribution in [2.75, 3.05) is 0 Å². The van der Waals surface area contributed by atoms with Gasteiger partial charge in [-0.2, -0.15) is 0 Å². The van der Waals surface area contributed by atoms with Crippen LogP contribution in [0.2, 0.25) is 0 Å². The highest BCUT2D eigenvalue weighted by Gasteiger charge is 2.43. The van der Waals surface area contributed by atoms with E-state index >= 15 is 0 Å². The van der Waals surface area contributed by atoms with Crippen molar-refractivity contribution >= 4 is 11.9 Å². The predicted octanol–water partition coefficient (Wildman–Crippen LogP) is 5.24. The van der Waals surface area contributed by atoms with E-state index in [0.29, 0.717) is 24.2 Å². The Bertz CT molecular complexity index is 1220. The maximum atomic E-state index is 12.7. The number of rotatable bonds is 11. The van der Waals surface area contributed by atoms with Gasteiger partial charge in [-0.15, -0.1) is 0 Å². The molecule has 0 spiro atoms. The van der Waals surface area contributed by atoms with E-state index in [-0.39, 0.29) is 23.1 Å². The fourth-order valence-electron chi connectivity index (χ4n) is 4.83. The Morgan fingerprint density at radius 2 is 1.64 bits per heavy atom. The molecule has 0 bridgehead atoms. The van der Waals surface area contributed by atoms with E-state index in [2.05, 4.69) is 6.92 Å². The molecule has 0 saturated carbocycles. The molecule has 7 heteroatoms. The first-order valence-electron chi connectivity index (χ1n) is 12.6. The molecule has 0 aliphatic heterocycles. The minimum Gasteiger partial charge on any atom is -0.478 e. The number of carboxylic acids is 1. The Hall–Kier alpha value is -3.45. The molecule has 0 fully saturated rings. The zero-order chi connectivity index (χ0) is 26.6. The molecule has 2 aromatic carbocycles. The van der Waals surface area contributed by atoms with Gasteiger partial charge in [0.25, 0.3) is 5.91 Å². The number of amides is 1. The maximum absolute atomic E-state index is 12.7. The summed E-state index contributed by atoms with van der Waals surface area (Å²) in [6, 6.07) is 14.5. The highest BCUT2D eigenvalue weighted by Crippen LogP contribution is 2.38. The second-order valence-electron chi connectivity index (χ2n) is 9.96. The second kappa shape index (κ2) is 11.1. The van der Waals surface area contributed by atoms with Crippen molar-refractivity contribution in [3.05, 3.63) is 76.9 Å². The van der Waals surface area contributed by atoms with E-state index < -0.39 is 17.5 Å². The van der Waals surface area contributed by atoms with Crippen LogP contribution in [0.4, 0.5) is 0 Å². The normalized spacial score (nSPS) is 11.9. The number of nitrogens with zero attached hydrogens (tertiary/aromatic N) is 2. The van der Waals surface area contributed by atoms with Crippen LogP contribution in [0.1, 0.15) is 85.4 Å². The lowest BCUT2D eigenvalue weighted by atomic mass is 9.77. The molecule has 0 atom stereocenters. The van der Waals surface area contributed by atoms with Gasteiger partial charge in [-0.3, -0.25) is 4.79 Å². The summed E-state index contributed by atoms with van der Waals surface area (Å²) in [5.41, 5.74) is 7.75. The lowest BCUT2D eigenvalue weighted by Gasteiger charge is -2.35. The Kier molecular flexibility index (Phi) is 8.35. The van der Waals surface area contributed by atoms with Gasteiger partial charge in [0.1, 0.15) is 22.8 Å². The summed E-state index contributed by atoms with van der Waals surface area (Å²) in [6.07, 6.45) is 2.51. The van der Waals surface area contributed by atoms with Crippen LogP contribution in [0.5, 0.6) is 0 Å². The first kappa shape index (κ1) is 27.1. The Balaban J connectivity index is 2.09. The number of aryl methyl sites for hydroxylation is 1. The molecule has 192 valence electrons. The van der Waals surface area contributed by atoms with Gasteiger partial charge >= 0.3 is 5.97 Å². The van der Waals surface area contributed by atoms with Crippen LogP contribution < -0.4 is 5.73 Å². The van der Waals surface area contributed by atoms with E-state index in [1.807, 2.05) is 62.6 Å². The van der Waals surface area contributed by atoms with E-state index in [9.17, 15) is 19.8 Å². The van der Waals surface area contributed by atoms with Gasteiger partial charge in [0.05, 0.1) is 5.56 Å². The van der Waals surface area contributed by atoms with Crippen LogP contribution in [-0.4, -0.2) is 31.6 Å². The number of aromatic nitrogens is 2. The molecule has 0 aliphatic carbocycles. The molecule has 1 aromatic heterocycles. The van der Waals surface area contributed by atoms with Crippen LogP contribution in [0, 0.1) is 11.8 Å². The van der Waals surface area contributed by atoms with Crippen molar-refractivity contribution < 1.29 is 19.8 Å². The van der Waals surface area contributed by atoms with Gasteiger partial charge < -0.3 is 20.5 Å². The van der Waals surface area contributed by atoms with Crippen molar-refractivity contribution in [3.63, 3.8) is 0 Å². The summed E-state index contributed by atoms with van der Waals surface area (Å²) in [7, 11) is 0. The smallest absolute Gasteiger partial charge is 0.336 e. The first-order chi connectivity index (χ1) is 17.0. The van der Waals surface area contributed by atoms with Gasteiger partial charge in [0.2, 0.25) is 0 Å². The zero-order valence-electron chi connectivity index (χ0n) is 21.8. The SMILES string of the molecule is CCCCc1nc(C(O)(C(C)C)C(C)C)c(C(N)=O)n1Cc1ccc(-c2ccccc2C(=O)O)cc1. The van der Waals surface area contributed by atoms with Crippen molar-refractivity contribution in [1.29, 1.82) is 0 Å². The highest BCUT2D eigenvalue weighted by atomic mass is 16.4. The van der Waals surface area contributed by atoms with Crippen LogP contribution in [0.15, 0.2) is 48.5 Å². The summed E-state index contributed by atoms with van der Waals surface area (Å²) in [6.45, 7) is 10.1. The molecule has 0 radical (unpaired) electrons. The molecule has 3 rings (SSSR count). The number of carbonyl (C=O) groups is 2. The number of carboxylic acid groups (broad SMARTS) is 1. The number of primary amides is 1. The predicted molar refractivity (Wildman–Crippen MR) is 141 cm³/mol. The first-order valence-corrected chi connectivity index (χ1v) is 12.6. The number of hydrogen-bond donors (Lipinski definition) is 3. The fraction of sp³-hybridized carbons (Fsp3) is 0.414. The largest absolute Gasteiger partial charge is 0.478 e. The molecular formula is C29H37N3O4. The number of imidazole rings is 1. The summed E-state index contributed by atoms with van der Waals surface area (Å²) < 4.78 is 1.84. The van der Waals surface area contributed by atoms with Gasteiger partial charge in [0, 0.05) is 13.0 Å². The van der Waals surface area contributed by atoms with Crippen LogP contribution in [0.25, 0.3) is 11.1 Å². The molecule has 0 unspecified atom stereocenters. The average Bonchev–Trinajstić information content (AvgIpc) is 3.20. The highest BCUT2D eigenvalue weighted by molar-refractivity contribution is 5.96. The van der Waals surface area contributed by atoms with Crippen molar-refractivity contribution in [3.8, 4) is 11.1 Å². The lowest BCUT2D eigenvalue weighted by molar-refractivity contribution is -0.0571. The van der Waals surface area contributed by atoms with Gasteiger partial charge in [0.15, 0.2) is 0 Å². The summed E-state index contributed by atoms with van der Waals surface area (Å²) in [4.78, 5) is 29.2. The van der Waals surface area contributed by atoms with Crippen LogP contribution in [0.3, 0.4) is 0 Å². The maximum Gasteiger partial charge on any atom is 0.336 e. The third-order valence-electron chi connectivity index (χ3n) is 6.94. The summed E-state index contributed by atoms with van der Waals surface area (Å²) in [5, 5.41) is 21.2. The molecule has 3 aromatic rings. The molecule has 1 heterocycles. The monoisotopic (exact) mass is 491 g/mol. The Morgan fingerprint density at radius 1 is 1.03 bits per heavy atom. The Morgan fingerprint density at radius 3 is 2.17 bits per heavy atom. The molecule has 36 heavy (non-hydrogen) atoms. The molecular weight excluding hydrogens is 454 g/mol. The topological polar surface area (TPSA) is 118 Å². The van der Waals surface area contributed by atoms with Gasteiger partial charge in [-0.25, -0.2) is 9.78 Å². The number of carbonyl (C=O) groups excluding carboxylic acids is 1. The van der Waals surface area contributed by atoms with E-state index in [0.717, 1.165) is 29.8 Å². The fourth-order valence-corrected chi connectivity index (χ4v) is 4.83. The summed E-state index contributed by atoms with van der Waals surface area (Å²) >= 11 is 0. The molecule has 0 aliphatic rings. The summed E-state index contributed by atoms with van der Waals surface area (Å²) in [5.74, 6) is -1.22. The molecule has 0 saturated heterocycles. The number of nitrogens with two attached hydrogens (primary N) is 1. The van der Waals surface area contributed by atoms with Gasteiger partial charge in [-0.1, -0.05) is 83.5 Å². The standard InChI is InChI=1S/C29H37N3O4/c1-6-7-12-24-31-26(29(36,18(2)3)19(4)5)25(27(30)33)32(24)17-20-13-15-21(16-14-20)22-10-8-9-11-23(22)28(34)35/h8-11,13-16,18-19,36H,6-7,12,17H2,1-5H3,(H2,30,33)(H,34,35). The van der Waals surface area contributed by atoms with Gasteiger partial charge in [-0.05, 0) is 41.0 Å². The molecule has 4 N–H and O–H groups in total. The zero-order valence-corrected chi connectivity index (χ0v) is 21.8. The van der Waals surface area contributed by atoms with Crippen molar-refractivity contribution in [2.45, 2.75) is 66.0 Å².